The van der Waals surface area contributed by atoms with E-state index in [0.717, 1.165) is 24.9 Å². The maximum atomic E-state index is 12.7. The highest BCUT2D eigenvalue weighted by atomic mass is 16.2. The second-order valence-electron chi connectivity index (χ2n) is 5.32. The van der Waals surface area contributed by atoms with E-state index in [1.165, 1.54) is 0 Å². The van der Waals surface area contributed by atoms with Crippen molar-refractivity contribution in [3.8, 4) is 0 Å². The summed E-state index contributed by atoms with van der Waals surface area (Å²) in [5, 5.41) is 6.42. The predicted octanol–water partition coefficient (Wildman–Crippen LogP) is 2.86. The molecule has 0 aliphatic carbocycles. The lowest BCUT2D eigenvalue weighted by Crippen LogP contribution is -2.47. The topological polar surface area (TPSA) is 41.1 Å². The summed E-state index contributed by atoms with van der Waals surface area (Å²) in [6.07, 6.45) is 1.63. The van der Waals surface area contributed by atoms with E-state index in [-0.39, 0.29) is 5.91 Å². The summed E-state index contributed by atoms with van der Waals surface area (Å²) < 4.78 is 0. The molecule has 1 aromatic rings. The fourth-order valence-corrected chi connectivity index (χ4v) is 2.70. The van der Waals surface area contributed by atoms with Crippen molar-refractivity contribution in [1.29, 1.82) is 0 Å². The van der Waals surface area contributed by atoms with Crippen molar-refractivity contribution < 1.29 is 4.79 Å². The maximum Gasteiger partial charge on any atom is 0.230 e. The first-order chi connectivity index (χ1) is 9.60. The van der Waals surface area contributed by atoms with Crippen LogP contribution in [0.4, 0.5) is 0 Å². The molecular formula is C17H28N2O. The third-order valence-corrected chi connectivity index (χ3v) is 4.09. The molecule has 0 aliphatic heterocycles. The van der Waals surface area contributed by atoms with Crippen molar-refractivity contribution in [2.24, 2.45) is 0 Å². The zero-order valence-corrected chi connectivity index (χ0v) is 13.2. The van der Waals surface area contributed by atoms with Crippen LogP contribution in [0.25, 0.3) is 0 Å². The van der Waals surface area contributed by atoms with E-state index in [2.05, 4.69) is 50.5 Å². The third kappa shape index (κ3) is 3.83. The Bertz CT molecular complexity index is 399. The van der Waals surface area contributed by atoms with Gasteiger partial charge in [-0.2, -0.15) is 0 Å². The van der Waals surface area contributed by atoms with Crippen molar-refractivity contribution >= 4 is 5.91 Å². The Kier molecular flexibility index (Phi) is 6.73. The monoisotopic (exact) mass is 276 g/mol. The number of likely N-dealkylation sites (N-methyl/N-ethyl adjacent to an activating group) is 1. The van der Waals surface area contributed by atoms with Gasteiger partial charge in [-0.3, -0.25) is 4.79 Å². The van der Waals surface area contributed by atoms with E-state index in [1.807, 2.05) is 18.2 Å². The van der Waals surface area contributed by atoms with Crippen molar-refractivity contribution in [1.82, 2.24) is 10.6 Å². The molecule has 0 heterocycles. The van der Waals surface area contributed by atoms with E-state index in [4.69, 9.17) is 0 Å². The summed E-state index contributed by atoms with van der Waals surface area (Å²) in [5.41, 5.74) is 0.700. The number of amides is 1. The molecule has 3 nitrogen and oxygen atoms in total. The molecule has 1 amide bonds. The van der Waals surface area contributed by atoms with Crippen molar-refractivity contribution in [2.75, 3.05) is 13.1 Å². The first-order valence-electron chi connectivity index (χ1n) is 7.67. The number of carbonyl (C=O) groups excluding carboxylic acids is 1. The fourth-order valence-electron chi connectivity index (χ4n) is 2.70. The van der Waals surface area contributed by atoms with Crippen molar-refractivity contribution in [3.05, 3.63) is 35.9 Å². The van der Waals surface area contributed by atoms with Gasteiger partial charge in [-0.1, -0.05) is 51.1 Å². The van der Waals surface area contributed by atoms with Crippen LogP contribution in [0.3, 0.4) is 0 Å². The summed E-state index contributed by atoms with van der Waals surface area (Å²) in [6.45, 7) is 9.92. The Hall–Kier alpha value is -1.35. The highest BCUT2D eigenvalue weighted by Gasteiger charge is 2.36. The highest BCUT2D eigenvalue weighted by Crippen LogP contribution is 2.31. The highest BCUT2D eigenvalue weighted by molar-refractivity contribution is 5.88. The van der Waals surface area contributed by atoms with Gasteiger partial charge < -0.3 is 10.6 Å². The van der Waals surface area contributed by atoms with Gasteiger partial charge in [0.25, 0.3) is 0 Å². The molecule has 0 unspecified atom stereocenters. The average Bonchev–Trinajstić information content (AvgIpc) is 2.48. The lowest BCUT2D eigenvalue weighted by atomic mass is 9.75. The standard InChI is InChI=1S/C17H28N2O/c1-5-17(6-2,15-11-9-8-10-12-15)16(20)19-13-14(4)18-7-3/h8-12,14,18H,5-7,13H2,1-4H3,(H,19,20)/t14-/m1/s1. The molecule has 1 aromatic carbocycles. The predicted molar refractivity (Wildman–Crippen MR) is 84.9 cm³/mol. The molecule has 1 atom stereocenters. The molecular weight excluding hydrogens is 248 g/mol. The number of carbonyl (C=O) groups is 1. The molecule has 2 N–H and O–H groups in total. The van der Waals surface area contributed by atoms with Crippen LogP contribution in [0.2, 0.25) is 0 Å². The van der Waals surface area contributed by atoms with E-state index >= 15 is 0 Å². The first kappa shape index (κ1) is 16.7. The third-order valence-electron chi connectivity index (χ3n) is 4.09. The summed E-state index contributed by atoms with van der Waals surface area (Å²) in [4.78, 5) is 12.7. The van der Waals surface area contributed by atoms with Crippen LogP contribution >= 0.6 is 0 Å². The van der Waals surface area contributed by atoms with Gasteiger partial charge in [0.05, 0.1) is 5.41 Å². The van der Waals surface area contributed by atoms with Gasteiger partial charge in [0.2, 0.25) is 5.91 Å². The molecule has 0 saturated carbocycles. The Morgan fingerprint density at radius 3 is 2.25 bits per heavy atom. The molecule has 20 heavy (non-hydrogen) atoms. The van der Waals surface area contributed by atoms with Crippen LogP contribution in [-0.2, 0) is 10.2 Å². The average molecular weight is 276 g/mol. The zero-order chi connectivity index (χ0) is 15.0. The van der Waals surface area contributed by atoms with Crippen molar-refractivity contribution in [2.45, 2.75) is 52.0 Å². The molecule has 0 spiro atoms. The molecule has 0 aliphatic rings. The van der Waals surface area contributed by atoms with Crippen LogP contribution < -0.4 is 10.6 Å². The number of rotatable bonds is 8. The molecule has 0 bridgehead atoms. The van der Waals surface area contributed by atoms with Gasteiger partial charge in [-0.15, -0.1) is 0 Å². The van der Waals surface area contributed by atoms with Crippen LogP contribution in [-0.4, -0.2) is 25.0 Å². The summed E-state index contributed by atoms with van der Waals surface area (Å²) in [6, 6.07) is 10.4. The quantitative estimate of drug-likeness (QED) is 0.766. The van der Waals surface area contributed by atoms with E-state index in [0.29, 0.717) is 12.6 Å². The minimum absolute atomic E-state index is 0.137. The SMILES string of the molecule is CCN[C@H](C)CNC(=O)C(CC)(CC)c1ccccc1. The van der Waals surface area contributed by atoms with Gasteiger partial charge in [-0.25, -0.2) is 0 Å². The largest absolute Gasteiger partial charge is 0.354 e. The minimum atomic E-state index is -0.410. The Morgan fingerprint density at radius 2 is 1.75 bits per heavy atom. The van der Waals surface area contributed by atoms with Crippen LogP contribution in [0, 0.1) is 0 Å². The van der Waals surface area contributed by atoms with E-state index in [9.17, 15) is 4.79 Å². The van der Waals surface area contributed by atoms with Gasteiger partial charge in [0.1, 0.15) is 0 Å². The van der Waals surface area contributed by atoms with Crippen molar-refractivity contribution in [3.63, 3.8) is 0 Å². The Morgan fingerprint density at radius 1 is 1.15 bits per heavy atom. The van der Waals surface area contributed by atoms with Gasteiger partial charge in [0, 0.05) is 12.6 Å². The van der Waals surface area contributed by atoms with Crippen LogP contribution in [0.15, 0.2) is 30.3 Å². The second kappa shape index (κ2) is 8.05. The van der Waals surface area contributed by atoms with Gasteiger partial charge >= 0.3 is 0 Å². The van der Waals surface area contributed by atoms with Crippen LogP contribution in [0.1, 0.15) is 46.1 Å². The smallest absolute Gasteiger partial charge is 0.230 e. The number of hydrogen-bond donors (Lipinski definition) is 2. The molecule has 1 rings (SSSR count). The number of benzene rings is 1. The minimum Gasteiger partial charge on any atom is -0.354 e. The number of nitrogens with one attached hydrogen (secondary N) is 2. The second-order valence-corrected chi connectivity index (χ2v) is 5.32. The molecule has 0 fully saturated rings. The molecule has 112 valence electrons. The molecule has 0 radical (unpaired) electrons. The first-order valence-corrected chi connectivity index (χ1v) is 7.67. The summed E-state index contributed by atoms with van der Waals surface area (Å²) in [7, 11) is 0. The van der Waals surface area contributed by atoms with E-state index < -0.39 is 5.41 Å². The lowest BCUT2D eigenvalue weighted by molar-refractivity contribution is -0.127. The summed E-state index contributed by atoms with van der Waals surface area (Å²) in [5.74, 6) is 0.137. The number of hydrogen-bond acceptors (Lipinski definition) is 2. The Labute approximate surface area is 123 Å². The lowest BCUT2D eigenvalue weighted by Gasteiger charge is -2.31. The molecule has 0 saturated heterocycles. The Balaban J connectivity index is 2.83. The van der Waals surface area contributed by atoms with Crippen LogP contribution in [0.5, 0.6) is 0 Å². The molecule has 3 heteroatoms. The fraction of sp³-hybridized carbons (Fsp3) is 0.588. The summed E-state index contributed by atoms with van der Waals surface area (Å²) >= 11 is 0. The molecule has 0 aromatic heterocycles. The van der Waals surface area contributed by atoms with Gasteiger partial charge in [0.15, 0.2) is 0 Å². The maximum absolute atomic E-state index is 12.7. The van der Waals surface area contributed by atoms with E-state index in [1.54, 1.807) is 0 Å². The van der Waals surface area contributed by atoms with Gasteiger partial charge in [-0.05, 0) is 31.9 Å². The normalized spacial score (nSPS) is 13.0. The zero-order valence-electron chi connectivity index (χ0n) is 13.2.